The molecule has 3 aliphatic rings. The van der Waals surface area contributed by atoms with E-state index < -0.39 is 0 Å². The lowest BCUT2D eigenvalue weighted by Crippen LogP contribution is -2.42. The number of carbonyl (C=O) groups is 2. The number of nitrogens with zero attached hydrogens (tertiary/aromatic N) is 3. The lowest BCUT2D eigenvalue weighted by Gasteiger charge is -2.33. The van der Waals surface area contributed by atoms with Crippen molar-refractivity contribution >= 4 is 24.2 Å². The Hall–Kier alpha value is -3.01. The summed E-state index contributed by atoms with van der Waals surface area (Å²) >= 11 is 0. The van der Waals surface area contributed by atoms with Crippen molar-refractivity contribution in [3.8, 4) is 11.5 Å². The molecule has 3 aliphatic heterocycles. The minimum absolute atomic E-state index is 0. The van der Waals surface area contributed by atoms with Gasteiger partial charge < -0.3 is 29.3 Å². The molecule has 1 aromatic carbocycles. The van der Waals surface area contributed by atoms with E-state index >= 15 is 0 Å². The Kier molecular flexibility index (Phi) is 11.7. The van der Waals surface area contributed by atoms with E-state index in [1.807, 2.05) is 49.2 Å². The number of carbonyl (C=O) groups excluding carboxylic acids is 2. The summed E-state index contributed by atoms with van der Waals surface area (Å²) in [6.45, 7) is 10.3. The van der Waals surface area contributed by atoms with Gasteiger partial charge in [-0.15, -0.1) is 12.4 Å². The molecule has 1 saturated heterocycles. The van der Waals surface area contributed by atoms with Crippen LogP contribution in [0.3, 0.4) is 0 Å². The van der Waals surface area contributed by atoms with Crippen molar-refractivity contribution in [3.63, 3.8) is 0 Å². The van der Waals surface area contributed by atoms with Crippen LogP contribution in [-0.4, -0.2) is 86.2 Å². The maximum absolute atomic E-state index is 12.9. The highest BCUT2D eigenvalue weighted by atomic mass is 35.5. The standard InChI is InChI=1S/C29H40N4O5.ClH/c1-4-37-26-8-6-7-23(28(26)38-5-2)20-31(3)27(34)11-14-33-13-10-25-24(21-33)19-22(29(35)30-25)9-12-32-15-17-36-18-16-32;/h6-8,10-11,13-14,22H,4-5,9,12,15-21H2,1-3H3,(H,30,35);1H/b14-11+;. The second-order valence-corrected chi connectivity index (χ2v) is 9.76. The predicted molar refractivity (Wildman–Crippen MR) is 153 cm³/mol. The number of nitrogens with one attached hydrogen (secondary N) is 1. The third kappa shape index (κ3) is 8.24. The Balaban J connectivity index is 0.00000420. The number of hydrogen-bond acceptors (Lipinski definition) is 7. The van der Waals surface area contributed by atoms with Crippen LogP contribution in [0.2, 0.25) is 0 Å². The van der Waals surface area contributed by atoms with Gasteiger partial charge in [0, 0.05) is 68.9 Å². The average Bonchev–Trinajstić information content (AvgIpc) is 2.93. The van der Waals surface area contributed by atoms with Gasteiger partial charge in [-0.1, -0.05) is 12.1 Å². The molecule has 1 atom stereocenters. The number of ether oxygens (including phenoxy) is 3. The van der Waals surface area contributed by atoms with Gasteiger partial charge in [-0.05, 0) is 50.9 Å². The van der Waals surface area contributed by atoms with Gasteiger partial charge in [-0.3, -0.25) is 14.5 Å². The van der Waals surface area contributed by atoms with Gasteiger partial charge in [0.05, 0.1) is 26.4 Å². The van der Waals surface area contributed by atoms with Gasteiger partial charge in [0.2, 0.25) is 11.8 Å². The molecule has 9 nitrogen and oxygen atoms in total. The first-order chi connectivity index (χ1) is 18.5. The smallest absolute Gasteiger partial charge is 0.248 e. The molecule has 0 bridgehead atoms. The molecular formula is C29H41ClN4O5. The van der Waals surface area contributed by atoms with Crippen molar-refractivity contribution in [2.24, 2.45) is 5.92 Å². The van der Waals surface area contributed by atoms with Gasteiger partial charge in [-0.2, -0.15) is 0 Å². The lowest BCUT2D eigenvalue weighted by atomic mass is 9.89. The van der Waals surface area contributed by atoms with E-state index in [0.717, 1.165) is 57.0 Å². The number of hydrogen-bond donors (Lipinski definition) is 1. The van der Waals surface area contributed by atoms with Crippen molar-refractivity contribution in [1.82, 2.24) is 20.0 Å². The van der Waals surface area contributed by atoms with Crippen molar-refractivity contribution in [1.29, 1.82) is 0 Å². The molecule has 10 heteroatoms. The van der Waals surface area contributed by atoms with Crippen LogP contribution in [0.15, 0.2) is 54.0 Å². The van der Waals surface area contributed by atoms with Gasteiger partial charge >= 0.3 is 0 Å². The van der Waals surface area contributed by atoms with Crippen molar-refractivity contribution in [2.75, 3.05) is 59.7 Å². The van der Waals surface area contributed by atoms with E-state index in [9.17, 15) is 9.59 Å². The summed E-state index contributed by atoms with van der Waals surface area (Å²) in [4.78, 5) is 31.6. The van der Waals surface area contributed by atoms with Crippen LogP contribution < -0.4 is 14.8 Å². The first kappa shape index (κ1) is 30.5. The molecular weight excluding hydrogens is 520 g/mol. The van der Waals surface area contributed by atoms with Gasteiger partial charge in [0.1, 0.15) is 0 Å². The summed E-state index contributed by atoms with van der Waals surface area (Å²) in [6, 6.07) is 5.75. The van der Waals surface area contributed by atoms with Crippen LogP contribution in [0, 0.1) is 5.92 Å². The zero-order valence-electron chi connectivity index (χ0n) is 23.2. The molecule has 0 radical (unpaired) electrons. The van der Waals surface area contributed by atoms with E-state index in [4.69, 9.17) is 14.2 Å². The molecule has 4 rings (SSSR count). The van der Waals surface area contributed by atoms with Crippen LogP contribution in [0.4, 0.5) is 0 Å². The minimum atomic E-state index is -0.109. The van der Waals surface area contributed by atoms with Crippen LogP contribution >= 0.6 is 12.4 Å². The highest BCUT2D eigenvalue weighted by Crippen LogP contribution is 2.32. The Morgan fingerprint density at radius 2 is 1.97 bits per heavy atom. The van der Waals surface area contributed by atoms with Crippen LogP contribution in [0.25, 0.3) is 0 Å². The molecule has 1 unspecified atom stereocenters. The number of rotatable bonds is 11. The SMILES string of the molecule is CCOc1cccc(CN(C)C(=O)/C=C/N2C=CC3=C(CC(CCN4CCOCC4)C(=O)N3)C2)c1OCC.Cl. The maximum atomic E-state index is 12.9. The molecule has 0 aliphatic carbocycles. The Morgan fingerprint density at radius 1 is 1.21 bits per heavy atom. The largest absolute Gasteiger partial charge is 0.490 e. The number of benzene rings is 1. The topological polar surface area (TPSA) is 83.6 Å². The molecule has 214 valence electrons. The van der Waals surface area contributed by atoms with Crippen molar-refractivity contribution in [2.45, 2.75) is 33.2 Å². The first-order valence-corrected chi connectivity index (χ1v) is 13.6. The molecule has 0 saturated carbocycles. The van der Waals surface area contributed by atoms with Gasteiger partial charge in [-0.25, -0.2) is 0 Å². The van der Waals surface area contributed by atoms with Crippen LogP contribution in [0.5, 0.6) is 11.5 Å². The maximum Gasteiger partial charge on any atom is 0.248 e. The Bertz CT molecular complexity index is 1080. The van der Waals surface area contributed by atoms with Gasteiger partial charge in [0.15, 0.2) is 11.5 Å². The summed E-state index contributed by atoms with van der Waals surface area (Å²) in [5, 5.41) is 3.08. The highest BCUT2D eigenvalue weighted by molar-refractivity contribution is 5.87. The normalized spacial score (nSPS) is 19.4. The Morgan fingerprint density at radius 3 is 2.72 bits per heavy atom. The predicted octanol–water partition coefficient (Wildman–Crippen LogP) is 3.32. The Labute approximate surface area is 237 Å². The zero-order chi connectivity index (χ0) is 26.9. The third-order valence-electron chi connectivity index (χ3n) is 7.05. The van der Waals surface area contributed by atoms with Crippen LogP contribution in [-0.2, 0) is 20.9 Å². The zero-order valence-corrected chi connectivity index (χ0v) is 24.0. The van der Waals surface area contributed by atoms with E-state index in [1.54, 1.807) is 24.2 Å². The molecule has 0 aromatic heterocycles. The number of likely N-dealkylation sites (N-methyl/N-ethyl adjacent to an activating group) is 1. The third-order valence-corrected chi connectivity index (χ3v) is 7.05. The molecule has 0 spiro atoms. The fraction of sp³-hybridized carbons (Fsp3) is 0.517. The van der Waals surface area contributed by atoms with Crippen molar-refractivity contribution < 1.29 is 23.8 Å². The van der Waals surface area contributed by atoms with E-state index in [1.165, 1.54) is 5.57 Å². The summed E-state index contributed by atoms with van der Waals surface area (Å²) in [7, 11) is 1.78. The summed E-state index contributed by atoms with van der Waals surface area (Å²) < 4.78 is 17.0. The lowest BCUT2D eigenvalue weighted by molar-refractivity contribution is -0.126. The minimum Gasteiger partial charge on any atom is -0.490 e. The number of para-hydroxylation sites is 1. The highest BCUT2D eigenvalue weighted by Gasteiger charge is 2.29. The van der Waals surface area contributed by atoms with E-state index in [2.05, 4.69) is 10.2 Å². The summed E-state index contributed by atoms with van der Waals surface area (Å²) in [5.74, 6) is 1.33. The van der Waals surface area contributed by atoms with E-state index in [0.29, 0.717) is 37.8 Å². The van der Waals surface area contributed by atoms with Gasteiger partial charge in [0.25, 0.3) is 0 Å². The molecule has 2 amide bonds. The fourth-order valence-corrected chi connectivity index (χ4v) is 4.96. The summed E-state index contributed by atoms with van der Waals surface area (Å²) in [6.07, 6.45) is 8.78. The van der Waals surface area contributed by atoms with Crippen LogP contribution in [0.1, 0.15) is 32.3 Å². The quantitative estimate of drug-likeness (QED) is 0.416. The number of allylic oxidation sites excluding steroid dienone is 1. The number of amides is 2. The number of morpholine rings is 1. The second-order valence-electron chi connectivity index (χ2n) is 9.76. The fourth-order valence-electron chi connectivity index (χ4n) is 4.96. The number of halogens is 1. The molecule has 1 aromatic rings. The van der Waals surface area contributed by atoms with Crippen molar-refractivity contribution in [3.05, 3.63) is 59.6 Å². The molecule has 3 heterocycles. The molecule has 39 heavy (non-hydrogen) atoms. The molecule has 1 N–H and O–H groups in total. The monoisotopic (exact) mass is 560 g/mol. The molecule has 1 fully saturated rings. The summed E-state index contributed by atoms with van der Waals surface area (Å²) in [5.41, 5.74) is 2.98. The average molecular weight is 561 g/mol. The van der Waals surface area contributed by atoms with E-state index in [-0.39, 0.29) is 30.1 Å². The second kappa shape index (κ2) is 15.0. The first-order valence-electron chi connectivity index (χ1n) is 13.6.